The first-order valence-electron chi connectivity index (χ1n) is 6.86. The first kappa shape index (κ1) is 12.8. The molecule has 0 spiro atoms. The average molecular weight is 276 g/mol. The molecule has 19 heavy (non-hydrogen) atoms. The highest BCUT2D eigenvalue weighted by Gasteiger charge is 2.21. The van der Waals surface area contributed by atoms with Crippen molar-refractivity contribution in [1.82, 2.24) is 14.6 Å². The molecule has 2 aromatic heterocycles. The number of aryl methyl sites for hydroxylation is 1. The molecule has 0 unspecified atom stereocenters. The first-order valence-corrected chi connectivity index (χ1v) is 8.15. The van der Waals surface area contributed by atoms with Gasteiger partial charge in [-0.15, -0.1) is 0 Å². The van der Waals surface area contributed by atoms with E-state index in [0.29, 0.717) is 6.04 Å². The Bertz CT molecular complexity index is 558. The van der Waals surface area contributed by atoms with Crippen LogP contribution in [-0.4, -0.2) is 32.1 Å². The zero-order valence-corrected chi connectivity index (χ0v) is 12.3. The van der Waals surface area contributed by atoms with E-state index < -0.39 is 0 Å². The summed E-state index contributed by atoms with van der Waals surface area (Å²) in [6.07, 6.45) is 8.95. The topological polar surface area (TPSA) is 42.2 Å². The molecule has 102 valence electrons. The summed E-state index contributed by atoms with van der Waals surface area (Å²) in [7, 11) is 0. The van der Waals surface area contributed by atoms with Crippen LogP contribution < -0.4 is 5.32 Å². The summed E-state index contributed by atoms with van der Waals surface area (Å²) in [6.45, 7) is 2.10. The third kappa shape index (κ3) is 2.71. The van der Waals surface area contributed by atoms with Gasteiger partial charge in [0, 0.05) is 11.3 Å². The lowest BCUT2D eigenvalue weighted by atomic mass is 9.95. The van der Waals surface area contributed by atoms with Crippen molar-refractivity contribution in [2.45, 2.75) is 43.9 Å². The first-order chi connectivity index (χ1) is 9.26. The van der Waals surface area contributed by atoms with E-state index in [2.05, 4.69) is 40.7 Å². The number of rotatable bonds is 3. The van der Waals surface area contributed by atoms with Crippen LogP contribution in [0.2, 0.25) is 0 Å². The standard InChI is InChI=1S/C14H20N4S/c1-10-7-13-15-9-16-18(13)14(8-10)17-11-3-5-12(19-2)6-4-11/h7-9,11-12,17H,3-6H2,1-2H3. The number of thioether (sulfide) groups is 1. The zero-order valence-electron chi connectivity index (χ0n) is 11.5. The van der Waals surface area contributed by atoms with E-state index in [4.69, 9.17) is 0 Å². The van der Waals surface area contributed by atoms with E-state index in [0.717, 1.165) is 16.7 Å². The van der Waals surface area contributed by atoms with Crippen LogP contribution in [0.4, 0.5) is 5.82 Å². The van der Waals surface area contributed by atoms with Crippen molar-refractivity contribution >= 4 is 23.2 Å². The molecule has 0 radical (unpaired) electrons. The molecule has 0 bridgehead atoms. The van der Waals surface area contributed by atoms with Gasteiger partial charge in [-0.05, 0) is 56.6 Å². The number of hydrogen-bond donors (Lipinski definition) is 1. The smallest absolute Gasteiger partial charge is 0.157 e. The quantitative estimate of drug-likeness (QED) is 0.935. The van der Waals surface area contributed by atoms with Crippen LogP contribution >= 0.6 is 11.8 Å². The Morgan fingerprint density at radius 2 is 2.05 bits per heavy atom. The van der Waals surface area contributed by atoms with Gasteiger partial charge in [-0.2, -0.15) is 21.4 Å². The van der Waals surface area contributed by atoms with Gasteiger partial charge in [0.2, 0.25) is 0 Å². The highest BCUT2D eigenvalue weighted by atomic mass is 32.2. The van der Waals surface area contributed by atoms with Crippen LogP contribution in [0.5, 0.6) is 0 Å². The number of aromatic nitrogens is 3. The van der Waals surface area contributed by atoms with E-state index in [1.807, 2.05) is 16.3 Å². The number of pyridine rings is 1. The van der Waals surface area contributed by atoms with Gasteiger partial charge in [-0.3, -0.25) is 0 Å². The second kappa shape index (κ2) is 5.41. The summed E-state index contributed by atoms with van der Waals surface area (Å²) < 4.78 is 1.90. The minimum Gasteiger partial charge on any atom is -0.367 e. The minimum atomic E-state index is 0.567. The molecule has 4 nitrogen and oxygen atoms in total. The molecule has 1 fully saturated rings. The number of nitrogens with zero attached hydrogens (tertiary/aromatic N) is 3. The van der Waals surface area contributed by atoms with Crippen molar-refractivity contribution in [1.29, 1.82) is 0 Å². The van der Waals surface area contributed by atoms with Gasteiger partial charge in [0.25, 0.3) is 0 Å². The van der Waals surface area contributed by atoms with Gasteiger partial charge < -0.3 is 5.32 Å². The molecule has 1 aliphatic carbocycles. The minimum absolute atomic E-state index is 0.567. The van der Waals surface area contributed by atoms with Crippen LogP contribution in [0.1, 0.15) is 31.2 Å². The van der Waals surface area contributed by atoms with Gasteiger partial charge >= 0.3 is 0 Å². The van der Waals surface area contributed by atoms with Crippen LogP contribution in [0, 0.1) is 6.92 Å². The Morgan fingerprint density at radius 1 is 1.26 bits per heavy atom. The van der Waals surface area contributed by atoms with Gasteiger partial charge in [-0.1, -0.05) is 0 Å². The summed E-state index contributed by atoms with van der Waals surface area (Å²) in [5.74, 6) is 1.07. The summed E-state index contributed by atoms with van der Waals surface area (Å²) in [6, 6.07) is 4.78. The van der Waals surface area contributed by atoms with Crippen LogP contribution in [0.25, 0.3) is 5.65 Å². The summed E-state index contributed by atoms with van der Waals surface area (Å²) in [5.41, 5.74) is 2.14. The molecule has 0 aliphatic heterocycles. The van der Waals surface area contributed by atoms with Gasteiger partial charge in [-0.25, -0.2) is 4.98 Å². The third-order valence-electron chi connectivity index (χ3n) is 3.88. The average Bonchev–Trinajstić information content (AvgIpc) is 2.88. The SMILES string of the molecule is CSC1CCC(Nc2cc(C)cc3ncnn23)CC1. The molecule has 1 saturated carbocycles. The Kier molecular flexibility index (Phi) is 3.64. The molecule has 3 rings (SSSR count). The predicted molar refractivity (Wildman–Crippen MR) is 80.9 cm³/mol. The molecule has 1 N–H and O–H groups in total. The van der Waals surface area contributed by atoms with Crippen molar-refractivity contribution in [3.8, 4) is 0 Å². The van der Waals surface area contributed by atoms with Crippen molar-refractivity contribution in [3.63, 3.8) is 0 Å². The normalized spacial score (nSPS) is 23.7. The highest BCUT2D eigenvalue weighted by molar-refractivity contribution is 7.99. The fourth-order valence-electron chi connectivity index (χ4n) is 2.81. The summed E-state index contributed by atoms with van der Waals surface area (Å²) in [5, 5.41) is 8.79. The van der Waals surface area contributed by atoms with E-state index in [1.54, 1.807) is 6.33 Å². The fourth-order valence-corrected chi connectivity index (χ4v) is 3.55. The maximum Gasteiger partial charge on any atom is 0.157 e. The second-order valence-electron chi connectivity index (χ2n) is 5.30. The molecule has 5 heteroatoms. The number of nitrogens with one attached hydrogen (secondary N) is 1. The lowest BCUT2D eigenvalue weighted by Crippen LogP contribution is -2.28. The van der Waals surface area contributed by atoms with E-state index in [9.17, 15) is 0 Å². The Morgan fingerprint density at radius 3 is 2.79 bits per heavy atom. The van der Waals surface area contributed by atoms with Crippen molar-refractivity contribution in [2.75, 3.05) is 11.6 Å². The molecular formula is C14H20N4S. The van der Waals surface area contributed by atoms with Crippen LogP contribution in [0.15, 0.2) is 18.5 Å². The number of fused-ring (bicyclic) bond motifs is 1. The highest BCUT2D eigenvalue weighted by Crippen LogP contribution is 2.28. The Balaban J connectivity index is 1.76. The number of hydrogen-bond acceptors (Lipinski definition) is 4. The molecule has 1 aliphatic rings. The Labute approximate surface area is 118 Å². The fraction of sp³-hybridized carbons (Fsp3) is 0.571. The largest absolute Gasteiger partial charge is 0.367 e. The molecule has 0 aromatic carbocycles. The summed E-state index contributed by atoms with van der Waals surface area (Å²) >= 11 is 2.01. The Hall–Kier alpha value is -1.23. The van der Waals surface area contributed by atoms with Gasteiger partial charge in [0.05, 0.1) is 0 Å². The second-order valence-corrected chi connectivity index (χ2v) is 6.44. The molecule has 0 amide bonds. The third-order valence-corrected chi connectivity index (χ3v) is 5.02. The monoisotopic (exact) mass is 276 g/mol. The summed E-state index contributed by atoms with van der Waals surface area (Å²) in [4.78, 5) is 4.27. The predicted octanol–water partition coefficient (Wildman–Crippen LogP) is 3.12. The maximum absolute atomic E-state index is 4.30. The van der Waals surface area contributed by atoms with E-state index in [1.165, 1.54) is 31.2 Å². The molecule has 0 saturated heterocycles. The van der Waals surface area contributed by atoms with Crippen LogP contribution in [-0.2, 0) is 0 Å². The molecule has 0 atom stereocenters. The van der Waals surface area contributed by atoms with Crippen molar-refractivity contribution in [3.05, 3.63) is 24.0 Å². The molecule has 2 heterocycles. The van der Waals surface area contributed by atoms with Gasteiger partial charge in [0.1, 0.15) is 12.1 Å². The number of anilines is 1. The van der Waals surface area contributed by atoms with E-state index in [-0.39, 0.29) is 0 Å². The van der Waals surface area contributed by atoms with Crippen molar-refractivity contribution in [2.24, 2.45) is 0 Å². The lowest BCUT2D eigenvalue weighted by molar-refractivity contribution is 0.471. The zero-order chi connectivity index (χ0) is 13.2. The van der Waals surface area contributed by atoms with E-state index >= 15 is 0 Å². The molecule has 2 aromatic rings. The maximum atomic E-state index is 4.30. The molecular weight excluding hydrogens is 256 g/mol. The van der Waals surface area contributed by atoms with Gasteiger partial charge in [0.15, 0.2) is 5.65 Å². The lowest BCUT2D eigenvalue weighted by Gasteiger charge is -2.28. The van der Waals surface area contributed by atoms with Crippen molar-refractivity contribution < 1.29 is 0 Å². The van der Waals surface area contributed by atoms with Crippen LogP contribution in [0.3, 0.4) is 0 Å².